The van der Waals surface area contributed by atoms with E-state index in [1.165, 1.54) is 25.7 Å². The van der Waals surface area contributed by atoms with Crippen LogP contribution in [0.3, 0.4) is 0 Å². The minimum absolute atomic E-state index is 0.0253. The van der Waals surface area contributed by atoms with Crippen molar-refractivity contribution in [2.24, 2.45) is 5.92 Å². The number of likely N-dealkylation sites (N-methyl/N-ethyl adjacent to an activating group) is 1. The Bertz CT molecular complexity index is 387. The van der Waals surface area contributed by atoms with Crippen LogP contribution in [0.4, 0.5) is 0 Å². The van der Waals surface area contributed by atoms with Gasteiger partial charge in [-0.05, 0) is 32.4 Å². The lowest BCUT2D eigenvalue weighted by Crippen LogP contribution is -2.45. The topological polar surface area (TPSA) is 82.2 Å². The summed E-state index contributed by atoms with van der Waals surface area (Å²) in [5.41, 5.74) is 0. The van der Waals surface area contributed by atoms with Gasteiger partial charge in [-0.3, -0.25) is 4.79 Å². The fraction of sp³-hybridized carbons (Fsp3) is 0.882. The maximum atomic E-state index is 12.1. The number of carbonyl (C=O) groups is 2. The summed E-state index contributed by atoms with van der Waals surface area (Å²) < 4.78 is 4.92. The van der Waals surface area contributed by atoms with Gasteiger partial charge in [-0.1, -0.05) is 40.0 Å². The molecule has 0 spiro atoms. The molecule has 0 aromatic heterocycles. The molecule has 1 aliphatic heterocycles. The number of ether oxygens (including phenoxy) is 1. The average molecular weight is 328 g/mol. The number of unbranched alkanes of at least 4 members (excludes halogenated alkanes) is 3. The summed E-state index contributed by atoms with van der Waals surface area (Å²) in [6, 6.07) is 0.0253. The molecule has 1 rings (SSSR count). The molecule has 1 saturated heterocycles. The van der Waals surface area contributed by atoms with Gasteiger partial charge in [0.2, 0.25) is 0 Å². The highest BCUT2D eigenvalue weighted by Gasteiger charge is 2.51. The summed E-state index contributed by atoms with van der Waals surface area (Å²) in [6.45, 7) is 8.23. The summed E-state index contributed by atoms with van der Waals surface area (Å²) in [5.74, 6) is -0.912. The average Bonchev–Trinajstić information content (AvgIpc) is 3.23. The number of carbonyl (C=O) groups excluding carboxylic acids is 1. The SMILES string of the molecule is CCCCCCN(C)CC(CC(C)C)NC(=O)[C@H]1O[C@@H]1C(=O)O. The Morgan fingerprint density at radius 1 is 1.22 bits per heavy atom. The van der Waals surface area contributed by atoms with Gasteiger partial charge in [0.15, 0.2) is 12.2 Å². The molecule has 3 atom stereocenters. The Balaban J connectivity index is 2.39. The molecule has 0 radical (unpaired) electrons. The first-order chi connectivity index (χ1) is 10.8. The van der Waals surface area contributed by atoms with E-state index >= 15 is 0 Å². The van der Waals surface area contributed by atoms with E-state index in [9.17, 15) is 9.59 Å². The number of hydrogen-bond donors (Lipinski definition) is 2. The van der Waals surface area contributed by atoms with Gasteiger partial charge in [0.1, 0.15) is 0 Å². The molecule has 2 N–H and O–H groups in total. The van der Waals surface area contributed by atoms with Gasteiger partial charge in [0, 0.05) is 12.6 Å². The van der Waals surface area contributed by atoms with Crippen molar-refractivity contribution in [2.75, 3.05) is 20.1 Å². The molecule has 6 nitrogen and oxygen atoms in total. The van der Waals surface area contributed by atoms with Crippen molar-refractivity contribution < 1.29 is 19.4 Å². The fourth-order valence-corrected chi connectivity index (χ4v) is 2.81. The van der Waals surface area contributed by atoms with Crippen LogP contribution in [0.1, 0.15) is 52.9 Å². The highest BCUT2D eigenvalue weighted by Crippen LogP contribution is 2.22. The van der Waals surface area contributed by atoms with E-state index < -0.39 is 18.2 Å². The lowest BCUT2D eigenvalue weighted by atomic mass is 10.0. The number of nitrogens with one attached hydrogen (secondary N) is 1. The summed E-state index contributed by atoms with van der Waals surface area (Å²) in [6.07, 6.45) is 3.96. The zero-order valence-electron chi connectivity index (χ0n) is 14.9. The lowest BCUT2D eigenvalue weighted by molar-refractivity contribution is -0.138. The second-order valence-electron chi connectivity index (χ2n) is 6.97. The molecule has 1 amide bonds. The highest BCUT2D eigenvalue weighted by atomic mass is 16.6. The van der Waals surface area contributed by atoms with E-state index in [1.807, 2.05) is 0 Å². The second kappa shape index (κ2) is 9.88. The first-order valence-corrected chi connectivity index (χ1v) is 8.72. The molecule has 0 aromatic rings. The van der Waals surface area contributed by atoms with E-state index in [0.717, 1.165) is 19.5 Å². The summed E-state index contributed by atoms with van der Waals surface area (Å²) in [7, 11) is 2.07. The predicted octanol–water partition coefficient (Wildman–Crippen LogP) is 1.88. The molecule has 1 unspecified atom stereocenters. The first kappa shape index (κ1) is 19.9. The first-order valence-electron chi connectivity index (χ1n) is 8.72. The highest BCUT2D eigenvalue weighted by molar-refractivity contribution is 5.92. The maximum Gasteiger partial charge on any atom is 0.336 e. The van der Waals surface area contributed by atoms with Crippen molar-refractivity contribution in [3.05, 3.63) is 0 Å². The maximum absolute atomic E-state index is 12.1. The van der Waals surface area contributed by atoms with Crippen LogP contribution in [0.5, 0.6) is 0 Å². The van der Waals surface area contributed by atoms with Crippen LogP contribution >= 0.6 is 0 Å². The molecule has 0 saturated carbocycles. The van der Waals surface area contributed by atoms with Crippen molar-refractivity contribution in [1.29, 1.82) is 0 Å². The van der Waals surface area contributed by atoms with Gasteiger partial charge in [-0.15, -0.1) is 0 Å². The molecule has 134 valence electrons. The van der Waals surface area contributed by atoms with E-state index in [-0.39, 0.29) is 11.9 Å². The van der Waals surface area contributed by atoms with Crippen LogP contribution in [0, 0.1) is 5.92 Å². The third kappa shape index (κ3) is 7.79. The summed E-state index contributed by atoms with van der Waals surface area (Å²) >= 11 is 0. The van der Waals surface area contributed by atoms with Crippen molar-refractivity contribution in [3.8, 4) is 0 Å². The van der Waals surface area contributed by atoms with Crippen molar-refractivity contribution in [2.45, 2.75) is 71.1 Å². The van der Waals surface area contributed by atoms with Gasteiger partial charge >= 0.3 is 5.97 Å². The molecule has 1 fully saturated rings. The van der Waals surface area contributed by atoms with E-state index in [4.69, 9.17) is 9.84 Å². The van der Waals surface area contributed by atoms with Gasteiger partial charge in [-0.25, -0.2) is 4.79 Å². The van der Waals surface area contributed by atoms with Crippen molar-refractivity contribution in [1.82, 2.24) is 10.2 Å². The van der Waals surface area contributed by atoms with Crippen molar-refractivity contribution >= 4 is 11.9 Å². The van der Waals surface area contributed by atoms with E-state index in [2.05, 4.69) is 38.0 Å². The Morgan fingerprint density at radius 2 is 1.91 bits per heavy atom. The van der Waals surface area contributed by atoms with Crippen LogP contribution < -0.4 is 5.32 Å². The molecule has 0 aromatic carbocycles. The number of aliphatic carboxylic acids is 1. The Hall–Kier alpha value is -1.14. The number of hydrogen-bond acceptors (Lipinski definition) is 4. The van der Waals surface area contributed by atoms with Crippen LogP contribution in [-0.2, 0) is 14.3 Å². The third-order valence-electron chi connectivity index (χ3n) is 4.02. The molecular formula is C17H32N2O4. The smallest absolute Gasteiger partial charge is 0.336 e. The van der Waals surface area contributed by atoms with E-state index in [1.54, 1.807) is 0 Å². The van der Waals surface area contributed by atoms with E-state index in [0.29, 0.717) is 5.92 Å². The molecule has 0 aliphatic carbocycles. The van der Waals surface area contributed by atoms with Crippen LogP contribution in [-0.4, -0.2) is 60.3 Å². The quantitative estimate of drug-likeness (QED) is 0.422. The molecule has 23 heavy (non-hydrogen) atoms. The number of carboxylic acid groups (broad SMARTS) is 1. The van der Waals surface area contributed by atoms with Crippen LogP contribution in [0.25, 0.3) is 0 Å². The van der Waals surface area contributed by atoms with Crippen molar-refractivity contribution in [3.63, 3.8) is 0 Å². The predicted molar refractivity (Wildman–Crippen MR) is 89.3 cm³/mol. The molecular weight excluding hydrogens is 296 g/mol. The minimum atomic E-state index is -1.07. The number of amides is 1. The monoisotopic (exact) mass is 328 g/mol. The zero-order chi connectivity index (χ0) is 17.4. The summed E-state index contributed by atoms with van der Waals surface area (Å²) in [5, 5.41) is 11.8. The third-order valence-corrected chi connectivity index (χ3v) is 4.02. The molecule has 6 heteroatoms. The van der Waals surface area contributed by atoms with Crippen LogP contribution in [0.2, 0.25) is 0 Å². The second-order valence-corrected chi connectivity index (χ2v) is 6.97. The number of nitrogens with zero attached hydrogens (tertiary/aromatic N) is 1. The fourth-order valence-electron chi connectivity index (χ4n) is 2.81. The molecule has 0 bridgehead atoms. The lowest BCUT2D eigenvalue weighted by Gasteiger charge is -2.26. The van der Waals surface area contributed by atoms with Gasteiger partial charge in [0.25, 0.3) is 5.91 Å². The zero-order valence-corrected chi connectivity index (χ0v) is 14.9. The number of carboxylic acids is 1. The summed E-state index contributed by atoms with van der Waals surface area (Å²) in [4.78, 5) is 25.1. The largest absolute Gasteiger partial charge is 0.479 e. The minimum Gasteiger partial charge on any atom is -0.479 e. The van der Waals surface area contributed by atoms with Crippen LogP contribution in [0.15, 0.2) is 0 Å². The molecule has 1 heterocycles. The standard InChI is InChI=1S/C17H32N2O4/c1-5-6-7-8-9-19(4)11-13(10-12(2)3)18-16(20)14-15(23-14)17(21)22/h12-15H,5-11H2,1-4H3,(H,18,20)(H,21,22)/t13?,14-,15-/m0/s1. The Kier molecular flexibility index (Phi) is 8.55. The Morgan fingerprint density at radius 3 is 2.43 bits per heavy atom. The number of epoxide rings is 1. The van der Waals surface area contributed by atoms with Gasteiger partial charge < -0.3 is 20.1 Å². The normalized spacial score (nSPS) is 21.5. The van der Waals surface area contributed by atoms with Gasteiger partial charge in [-0.2, -0.15) is 0 Å². The Labute approximate surface area is 139 Å². The molecule has 1 aliphatic rings. The van der Waals surface area contributed by atoms with Gasteiger partial charge in [0.05, 0.1) is 0 Å². The number of rotatable bonds is 12.